The molecule has 2 unspecified atom stereocenters. The Bertz CT molecular complexity index is 582. The van der Waals surface area contributed by atoms with Crippen LogP contribution in [0.25, 0.3) is 0 Å². The summed E-state index contributed by atoms with van der Waals surface area (Å²) in [4.78, 5) is 4.21. The van der Waals surface area contributed by atoms with E-state index in [1.807, 2.05) is 30.3 Å². The first-order valence-corrected chi connectivity index (χ1v) is 6.53. The van der Waals surface area contributed by atoms with Gasteiger partial charge in [0.15, 0.2) is 0 Å². The third-order valence-corrected chi connectivity index (χ3v) is 3.83. The lowest BCUT2D eigenvalue weighted by atomic mass is 9.95. The molecular weight excluding hydrogens is 238 g/mol. The summed E-state index contributed by atoms with van der Waals surface area (Å²) in [6.45, 7) is 0. The summed E-state index contributed by atoms with van der Waals surface area (Å²) < 4.78 is 5.28. The van der Waals surface area contributed by atoms with Gasteiger partial charge in [-0.15, -0.1) is 0 Å². The number of ether oxygens (including phenoxy) is 1. The summed E-state index contributed by atoms with van der Waals surface area (Å²) in [6, 6.07) is 12.0. The average molecular weight is 255 g/mol. The largest absolute Gasteiger partial charge is 0.481 e. The lowest BCUT2D eigenvalue weighted by Gasteiger charge is -2.16. The number of hydrogen-bond acceptors (Lipinski definition) is 3. The number of nitrogens with zero attached hydrogens (tertiary/aromatic N) is 1. The number of benzene rings is 1. The molecule has 0 aliphatic heterocycles. The quantitative estimate of drug-likeness (QED) is 0.916. The Balaban J connectivity index is 1.83. The first kappa shape index (κ1) is 12.2. The lowest BCUT2D eigenvalue weighted by molar-refractivity contribution is 0.123. The van der Waals surface area contributed by atoms with Gasteiger partial charge >= 0.3 is 0 Å². The van der Waals surface area contributed by atoms with Crippen molar-refractivity contribution in [3.8, 4) is 5.88 Å². The normalized spacial score (nSPS) is 21.2. The first-order chi connectivity index (χ1) is 9.29. The maximum Gasteiger partial charge on any atom is 0.216 e. The van der Waals surface area contributed by atoms with E-state index < -0.39 is 0 Å². The van der Waals surface area contributed by atoms with Gasteiger partial charge in [0, 0.05) is 11.8 Å². The molecule has 98 valence electrons. The van der Waals surface area contributed by atoms with Crippen LogP contribution in [-0.2, 0) is 12.8 Å². The minimum absolute atomic E-state index is 0.204. The van der Waals surface area contributed by atoms with Crippen LogP contribution >= 0.6 is 0 Å². The Morgan fingerprint density at radius 2 is 2.11 bits per heavy atom. The van der Waals surface area contributed by atoms with Crippen molar-refractivity contribution in [3.05, 3.63) is 59.3 Å². The Hall–Kier alpha value is -1.87. The SMILES string of the molecule is COc1ncccc1CC1Cc2ccccc2C1O. The third kappa shape index (κ3) is 2.22. The molecule has 1 N–H and O–H groups in total. The topological polar surface area (TPSA) is 42.4 Å². The molecule has 3 heteroatoms. The van der Waals surface area contributed by atoms with Crippen molar-refractivity contribution in [3.63, 3.8) is 0 Å². The van der Waals surface area contributed by atoms with E-state index in [2.05, 4.69) is 11.1 Å². The fourth-order valence-electron chi connectivity index (χ4n) is 2.89. The number of fused-ring (bicyclic) bond motifs is 1. The molecule has 0 radical (unpaired) electrons. The van der Waals surface area contributed by atoms with Crippen molar-refractivity contribution >= 4 is 0 Å². The van der Waals surface area contributed by atoms with Gasteiger partial charge in [-0.25, -0.2) is 4.98 Å². The highest BCUT2D eigenvalue weighted by molar-refractivity contribution is 5.36. The molecule has 0 spiro atoms. The molecule has 1 heterocycles. The minimum atomic E-state index is -0.388. The molecule has 2 atom stereocenters. The van der Waals surface area contributed by atoms with E-state index in [0.29, 0.717) is 5.88 Å². The second kappa shape index (κ2) is 5.02. The summed E-state index contributed by atoms with van der Waals surface area (Å²) >= 11 is 0. The van der Waals surface area contributed by atoms with Crippen molar-refractivity contribution in [2.75, 3.05) is 7.11 Å². The van der Waals surface area contributed by atoms with Crippen LogP contribution in [0.5, 0.6) is 5.88 Å². The number of pyridine rings is 1. The summed E-state index contributed by atoms with van der Waals surface area (Å²) in [5.74, 6) is 0.862. The highest BCUT2D eigenvalue weighted by atomic mass is 16.5. The third-order valence-electron chi connectivity index (χ3n) is 3.83. The molecule has 0 amide bonds. The van der Waals surface area contributed by atoms with Gasteiger partial charge in [0.25, 0.3) is 0 Å². The molecule has 1 aromatic carbocycles. The number of rotatable bonds is 3. The Morgan fingerprint density at radius 3 is 2.89 bits per heavy atom. The van der Waals surface area contributed by atoms with Gasteiger partial charge in [0.05, 0.1) is 13.2 Å². The van der Waals surface area contributed by atoms with Gasteiger partial charge < -0.3 is 9.84 Å². The van der Waals surface area contributed by atoms with E-state index in [1.54, 1.807) is 13.3 Å². The van der Waals surface area contributed by atoms with Crippen LogP contribution in [0.3, 0.4) is 0 Å². The van der Waals surface area contributed by atoms with Crippen LogP contribution in [0.1, 0.15) is 22.8 Å². The Morgan fingerprint density at radius 1 is 1.26 bits per heavy atom. The highest BCUT2D eigenvalue weighted by Gasteiger charge is 2.31. The molecule has 2 aromatic rings. The summed E-state index contributed by atoms with van der Waals surface area (Å²) in [7, 11) is 1.63. The maximum atomic E-state index is 10.4. The molecule has 1 aliphatic carbocycles. The van der Waals surface area contributed by atoms with Crippen molar-refractivity contribution in [1.82, 2.24) is 4.98 Å². The van der Waals surface area contributed by atoms with E-state index in [4.69, 9.17) is 4.74 Å². The van der Waals surface area contributed by atoms with Gasteiger partial charge in [0.1, 0.15) is 0 Å². The predicted octanol–water partition coefficient (Wildman–Crippen LogP) is 2.54. The van der Waals surface area contributed by atoms with Gasteiger partial charge in [-0.1, -0.05) is 30.3 Å². The molecule has 0 bridgehead atoms. The van der Waals surface area contributed by atoms with Crippen molar-refractivity contribution < 1.29 is 9.84 Å². The van der Waals surface area contributed by atoms with Crippen LogP contribution in [0, 0.1) is 5.92 Å². The summed E-state index contributed by atoms with van der Waals surface area (Å²) in [5, 5.41) is 10.4. The fraction of sp³-hybridized carbons (Fsp3) is 0.312. The maximum absolute atomic E-state index is 10.4. The van der Waals surface area contributed by atoms with Gasteiger partial charge in [-0.05, 0) is 36.0 Å². The molecule has 0 saturated heterocycles. The van der Waals surface area contributed by atoms with Gasteiger partial charge in [-0.2, -0.15) is 0 Å². The lowest BCUT2D eigenvalue weighted by Crippen LogP contribution is -2.11. The van der Waals surface area contributed by atoms with Crippen LogP contribution in [0.2, 0.25) is 0 Å². The monoisotopic (exact) mass is 255 g/mol. The van der Waals surface area contributed by atoms with E-state index in [0.717, 1.165) is 24.0 Å². The van der Waals surface area contributed by atoms with Crippen LogP contribution in [0.15, 0.2) is 42.6 Å². The Labute approximate surface area is 112 Å². The van der Waals surface area contributed by atoms with Crippen molar-refractivity contribution in [2.24, 2.45) is 5.92 Å². The molecule has 3 nitrogen and oxygen atoms in total. The van der Waals surface area contributed by atoms with Crippen LogP contribution in [0.4, 0.5) is 0 Å². The number of hydrogen-bond donors (Lipinski definition) is 1. The highest BCUT2D eigenvalue weighted by Crippen LogP contribution is 2.38. The number of aromatic nitrogens is 1. The zero-order valence-electron chi connectivity index (χ0n) is 10.9. The van der Waals surface area contributed by atoms with E-state index >= 15 is 0 Å². The molecule has 0 saturated carbocycles. The Kier molecular flexibility index (Phi) is 3.22. The minimum Gasteiger partial charge on any atom is -0.481 e. The van der Waals surface area contributed by atoms with E-state index in [9.17, 15) is 5.11 Å². The molecular formula is C16H17NO2. The first-order valence-electron chi connectivity index (χ1n) is 6.53. The smallest absolute Gasteiger partial charge is 0.216 e. The fourth-order valence-corrected chi connectivity index (χ4v) is 2.89. The predicted molar refractivity (Wildman–Crippen MR) is 73.1 cm³/mol. The molecule has 0 fully saturated rings. The van der Waals surface area contributed by atoms with E-state index in [-0.39, 0.29) is 12.0 Å². The van der Waals surface area contributed by atoms with Crippen molar-refractivity contribution in [1.29, 1.82) is 0 Å². The summed E-state index contributed by atoms with van der Waals surface area (Å²) in [5.41, 5.74) is 3.38. The van der Waals surface area contributed by atoms with Crippen LogP contribution in [-0.4, -0.2) is 17.2 Å². The molecule has 1 aliphatic rings. The number of aliphatic hydroxyl groups is 1. The second-order valence-electron chi connectivity index (χ2n) is 4.98. The van der Waals surface area contributed by atoms with Crippen molar-refractivity contribution in [2.45, 2.75) is 18.9 Å². The average Bonchev–Trinajstić information content (AvgIpc) is 2.77. The van der Waals surface area contributed by atoms with Gasteiger partial charge in [-0.3, -0.25) is 0 Å². The zero-order valence-corrected chi connectivity index (χ0v) is 10.9. The molecule has 3 rings (SSSR count). The molecule has 1 aromatic heterocycles. The molecule has 19 heavy (non-hydrogen) atoms. The summed E-state index contributed by atoms with van der Waals surface area (Å²) in [6.07, 6.45) is 3.03. The van der Waals surface area contributed by atoms with Gasteiger partial charge in [0.2, 0.25) is 5.88 Å². The van der Waals surface area contributed by atoms with Crippen LogP contribution < -0.4 is 4.74 Å². The standard InChI is InChI=1S/C16H17NO2/c1-19-16-12(6-4-8-17-16)10-13-9-11-5-2-3-7-14(11)15(13)18/h2-8,13,15,18H,9-10H2,1H3. The number of aliphatic hydroxyl groups excluding tert-OH is 1. The van der Waals surface area contributed by atoms with E-state index in [1.165, 1.54) is 5.56 Å². The second-order valence-corrected chi connectivity index (χ2v) is 4.98. The zero-order chi connectivity index (χ0) is 13.2. The number of methoxy groups -OCH3 is 1.